The molecule has 1 atom stereocenters. The van der Waals surface area contributed by atoms with Gasteiger partial charge in [0.1, 0.15) is 19.1 Å². The van der Waals surface area contributed by atoms with Crippen molar-refractivity contribution in [2.45, 2.75) is 66.1 Å². The van der Waals surface area contributed by atoms with E-state index in [4.69, 9.17) is 0 Å². The van der Waals surface area contributed by atoms with E-state index in [0.29, 0.717) is 22.7 Å². The van der Waals surface area contributed by atoms with E-state index >= 15 is 0 Å². The molecule has 1 unspecified atom stereocenters. The van der Waals surface area contributed by atoms with E-state index in [9.17, 15) is 23.2 Å². The molecule has 0 radical (unpaired) electrons. The summed E-state index contributed by atoms with van der Waals surface area (Å²) in [5.41, 5.74) is 5.25. The van der Waals surface area contributed by atoms with Crippen LogP contribution in [-0.4, -0.2) is 39.4 Å². The van der Waals surface area contributed by atoms with Crippen LogP contribution in [0.2, 0.25) is 0 Å². The number of aliphatic imine (C=N–C) groups is 1. The smallest absolute Gasteiger partial charge is 0.388 e. The lowest BCUT2D eigenvalue weighted by molar-refractivity contribution is -1.03. The van der Waals surface area contributed by atoms with Crippen LogP contribution < -0.4 is 10.7 Å². The van der Waals surface area contributed by atoms with Crippen LogP contribution in [0.4, 0.5) is 18.9 Å². The molecule has 218 valence electrons. The van der Waals surface area contributed by atoms with Gasteiger partial charge in [0.2, 0.25) is 0 Å². The molecule has 1 aliphatic rings. The molecule has 7 nitrogen and oxygen atoms in total. The number of aldehydes is 1. The summed E-state index contributed by atoms with van der Waals surface area (Å²) in [5.74, 6) is 0.565. The molecule has 1 aromatic carbocycles. The maximum Gasteiger partial charge on any atom is 0.417 e. The molecule has 0 spiro atoms. The standard InChI is InChI=1S/C16H28N3O2S.C13H11F3N2/c1-6-8-14(16(4,5)11-20)17-15(12(3)7-2)18-19(21,22)13-9-10-13;1-17-12-4-2-9(3-5-12)10-6-11(8-18-7-10)13(14,15)16/h6,8,11,13,18,21-22H,7,9-10H2,1-5H3;2-8,17H,1H3/q+1;/b8-6-,15-12-,17-14+;. The third-order valence-electron chi connectivity index (χ3n) is 6.35. The van der Waals surface area contributed by atoms with Gasteiger partial charge in [-0.2, -0.15) is 23.8 Å². The number of allylic oxidation sites excluding steroid dienone is 3. The largest absolute Gasteiger partial charge is 0.417 e. The van der Waals surface area contributed by atoms with Crippen LogP contribution in [0.3, 0.4) is 0 Å². The number of thiol groups is 1. The molecule has 1 fully saturated rings. The van der Waals surface area contributed by atoms with Crippen molar-refractivity contribution in [3.63, 3.8) is 0 Å². The van der Waals surface area contributed by atoms with Crippen molar-refractivity contribution in [3.05, 3.63) is 71.8 Å². The highest BCUT2D eigenvalue weighted by Crippen LogP contribution is 2.33. The van der Waals surface area contributed by atoms with Crippen molar-refractivity contribution in [2.24, 2.45) is 10.4 Å². The van der Waals surface area contributed by atoms with Gasteiger partial charge in [-0.05, 0) is 73.7 Å². The topological polar surface area (TPSA) is 86.6 Å². The van der Waals surface area contributed by atoms with Crippen LogP contribution in [0.1, 0.15) is 59.4 Å². The van der Waals surface area contributed by atoms with E-state index in [-0.39, 0.29) is 6.04 Å². The Morgan fingerprint density at radius 1 is 1.20 bits per heavy atom. The SMILES string of the molecule is CNc1ccc(-c2cncc(C(F)(F)F)c2)cc1.C\C=C/C(=N\C(N[N+](O)(S)C1CC1)=C(/C)CC)C(C)(C)C=O. The quantitative estimate of drug-likeness (QED) is 0.0776. The van der Waals surface area contributed by atoms with Gasteiger partial charge in [-0.3, -0.25) is 4.98 Å². The van der Waals surface area contributed by atoms with Gasteiger partial charge in [0, 0.05) is 43.5 Å². The van der Waals surface area contributed by atoms with Crippen LogP contribution in [-0.2, 0) is 11.0 Å². The first kappa shape index (κ1) is 33.1. The van der Waals surface area contributed by atoms with Gasteiger partial charge in [0.15, 0.2) is 11.9 Å². The molecule has 0 aliphatic heterocycles. The molecule has 0 saturated heterocycles. The number of carbonyl (C=O) groups is 1. The second-order valence-electron chi connectivity index (χ2n) is 10.1. The fourth-order valence-electron chi connectivity index (χ4n) is 3.38. The molecule has 0 amide bonds. The fraction of sp³-hybridized carbons (Fsp3) is 0.414. The third kappa shape index (κ3) is 9.50. The lowest BCUT2D eigenvalue weighted by atomic mass is 9.89. The fourth-order valence-corrected chi connectivity index (χ4v) is 3.71. The Hall–Kier alpha value is -3.15. The maximum atomic E-state index is 12.6. The molecule has 0 bridgehead atoms. The number of benzene rings is 1. The maximum absolute atomic E-state index is 12.6. The summed E-state index contributed by atoms with van der Waals surface area (Å²) < 4.78 is 37.1. The van der Waals surface area contributed by atoms with Crippen molar-refractivity contribution < 1.29 is 27.3 Å². The summed E-state index contributed by atoms with van der Waals surface area (Å²) in [6.07, 6.45) is 5.07. The molecule has 1 saturated carbocycles. The number of anilines is 1. The van der Waals surface area contributed by atoms with Gasteiger partial charge < -0.3 is 10.1 Å². The van der Waals surface area contributed by atoms with E-state index < -0.39 is 21.3 Å². The minimum absolute atomic E-state index is 0.0717. The molecule has 3 N–H and O–H groups in total. The Morgan fingerprint density at radius 3 is 2.30 bits per heavy atom. The normalized spacial score (nSPS) is 16.4. The zero-order valence-electron chi connectivity index (χ0n) is 23.8. The molecule has 2 aromatic rings. The minimum atomic E-state index is -4.37. The van der Waals surface area contributed by atoms with Crippen LogP contribution in [0.25, 0.3) is 11.1 Å². The number of carbonyl (C=O) groups excluding carboxylic acids is 1. The highest BCUT2D eigenvalue weighted by molar-refractivity contribution is 7.74. The number of alkyl halides is 3. The summed E-state index contributed by atoms with van der Waals surface area (Å²) in [6.45, 7) is 9.50. The van der Waals surface area contributed by atoms with Gasteiger partial charge in [-0.15, -0.1) is 0 Å². The second kappa shape index (κ2) is 14.0. The number of nitrogens with one attached hydrogen (secondary N) is 2. The Kier molecular flexibility index (Phi) is 11.5. The molecular weight excluding hydrogens is 539 g/mol. The van der Waals surface area contributed by atoms with E-state index in [2.05, 4.69) is 33.5 Å². The van der Waals surface area contributed by atoms with Gasteiger partial charge in [0.05, 0.1) is 16.7 Å². The molecule has 11 heteroatoms. The summed E-state index contributed by atoms with van der Waals surface area (Å²) in [7, 11) is 1.78. The van der Waals surface area contributed by atoms with Crippen LogP contribution in [0.5, 0.6) is 0 Å². The van der Waals surface area contributed by atoms with Crippen molar-refractivity contribution in [3.8, 4) is 11.1 Å². The predicted molar refractivity (Wildman–Crippen MR) is 156 cm³/mol. The van der Waals surface area contributed by atoms with Crippen molar-refractivity contribution >= 4 is 30.5 Å². The van der Waals surface area contributed by atoms with Crippen molar-refractivity contribution in [1.29, 1.82) is 0 Å². The Balaban J connectivity index is 0.000000285. The molecule has 1 heterocycles. The monoisotopic (exact) mass is 578 g/mol. The van der Waals surface area contributed by atoms with Gasteiger partial charge in [-0.1, -0.05) is 25.1 Å². The lowest BCUT2D eigenvalue weighted by Gasteiger charge is -2.25. The second-order valence-corrected chi connectivity index (χ2v) is 10.7. The van der Waals surface area contributed by atoms with Crippen LogP contribution in [0, 0.1) is 5.41 Å². The summed E-state index contributed by atoms with van der Waals surface area (Å²) in [5, 5.41) is 13.3. The zero-order valence-corrected chi connectivity index (χ0v) is 24.6. The van der Waals surface area contributed by atoms with Gasteiger partial charge in [0.25, 0.3) is 0 Å². The molecule has 40 heavy (non-hydrogen) atoms. The Morgan fingerprint density at radius 2 is 1.82 bits per heavy atom. The first-order chi connectivity index (χ1) is 18.7. The lowest BCUT2D eigenvalue weighted by Crippen LogP contribution is -2.49. The number of quaternary nitrogens is 1. The average molecular weight is 579 g/mol. The number of hydrogen-bond donors (Lipinski definition) is 4. The predicted octanol–water partition coefficient (Wildman–Crippen LogP) is 7.40. The first-order valence-electron chi connectivity index (χ1n) is 13.0. The molecular formula is C29H39F3N5O2S+. The van der Waals surface area contributed by atoms with Gasteiger partial charge >= 0.3 is 6.18 Å². The minimum Gasteiger partial charge on any atom is -0.388 e. The van der Waals surface area contributed by atoms with E-state index in [0.717, 1.165) is 49.1 Å². The van der Waals surface area contributed by atoms with E-state index in [1.807, 2.05) is 46.8 Å². The number of rotatable bonds is 10. The summed E-state index contributed by atoms with van der Waals surface area (Å²) >= 11 is 4.28. The van der Waals surface area contributed by atoms with E-state index in [1.165, 1.54) is 6.20 Å². The number of nitrogens with zero attached hydrogens (tertiary/aromatic N) is 3. The number of aromatic nitrogens is 1. The van der Waals surface area contributed by atoms with E-state index in [1.54, 1.807) is 31.3 Å². The Bertz CT molecular complexity index is 1230. The van der Waals surface area contributed by atoms with Crippen LogP contribution in [0.15, 0.2) is 71.3 Å². The number of pyridine rings is 1. The zero-order chi connectivity index (χ0) is 30.1. The van der Waals surface area contributed by atoms with Gasteiger partial charge in [-0.25, -0.2) is 4.99 Å². The summed E-state index contributed by atoms with van der Waals surface area (Å²) in [4.78, 5) is 19.6. The van der Waals surface area contributed by atoms with Crippen molar-refractivity contribution in [2.75, 3.05) is 12.4 Å². The number of hydroxylamine groups is 1. The number of hydrogen-bond acceptors (Lipinski definition) is 7. The van der Waals surface area contributed by atoms with Crippen molar-refractivity contribution in [1.82, 2.24) is 10.4 Å². The molecule has 3 rings (SSSR count). The van der Waals surface area contributed by atoms with Crippen LogP contribution >= 0.6 is 12.8 Å². The molecule has 1 aliphatic carbocycles. The number of halogens is 3. The highest BCUT2D eigenvalue weighted by Gasteiger charge is 2.45. The highest BCUT2D eigenvalue weighted by atomic mass is 32.1. The first-order valence-corrected chi connectivity index (χ1v) is 13.4. The average Bonchev–Trinajstić information content (AvgIpc) is 3.78. The third-order valence-corrected chi connectivity index (χ3v) is 6.77. The Labute approximate surface area is 240 Å². The molecule has 1 aromatic heterocycles. The summed E-state index contributed by atoms with van der Waals surface area (Å²) in [6, 6.07) is 8.28.